The fraction of sp³-hybridized carbons (Fsp3) is 0.368. The van der Waals surface area contributed by atoms with Gasteiger partial charge in [0, 0.05) is 24.2 Å². The number of guanidine groups is 1. The molecule has 0 aliphatic rings. The Morgan fingerprint density at radius 3 is 2.76 bits per heavy atom. The SMILES string of the molecule is CCNC(=NCc1ccc(C)cc1SC)NCCc1ccc(Cl)nc1. The van der Waals surface area contributed by atoms with E-state index in [1.165, 1.54) is 16.0 Å². The third-order valence-electron chi connectivity index (χ3n) is 3.69. The number of rotatable bonds is 7. The Morgan fingerprint density at radius 1 is 1.24 bits per heavy atom. The lowest BCUT2D eigenvalue weighted by Crippen LogP contribution is -2.38. The summed E-state index contributed by atoms with van der Waals surface area (Å²) < 4.78 is 0. The molecule has 25 heavy (non-hydrogen) atoms. The maximum Gasteiger partial charge on any atom is 0.191 e. The first-order valence-corrected chi connectivity index (χ1v) is 9.98. The summed E-state index contributed by atoms with van der Waals surface area (Å²) in [5.74, 6) is 0.831. The number of aryl methyl sites for hydroxylation is 1. The fourth-order valence-corrected chi connectivity index (χ4v) is 3.18. The summed E-state index contributed by atoms with van der Waals surface area (Å²) in [6.45, 7) is 6.47. The van der Waals surface area contributed by atoms with Gasteiger partial charge in [-0.1, -0.05) is 29.8 Å². The molecule has 2 rings (SSSR count). The van der Waals surface area contributed by atoms with Crippen LogP contribution in [-0.2, 0) is 13.0 Å². The summed E-state index contributed by atoms with van der Waals surface area (Å²) in [4.78, 5) is 10.1. The predicted octanol–water partition coefficient (Wildman–Crippen LogP) is 4.06. The molecule has 1 aromatic carbocycles. The van der Waals surface area contributed by atoms with E-state index in [0.29, 0.717) is 11.7 Å². The molecule has 0 aliphatic carbocycles. The van der Waals surface area contributed by atoms with Gasteiger partial charge in [-0.2, -0.15) is 0 Å². The molecular formula is C19H25ClN4S. The molecule has 0 saturated heterocycles. The van der Waals surface area contributed by atoms with Gasteiger partial charge in [0.1, 0.15) is 5.15 Å². The lowest BCUT2D eigenvalue weighted by atomic mass is 10.1. The summed E-state index contributed by atoms with van der Waals surface area (Å²) in [5, 5.41) is 7.19. The minimum atomic E-state index is 0.523. The second-order valence-corrected chi connectivity index (χ2v) is 6.91. The number of pyridine rings is 1. The Balaban J connectivity index is 1.94. The van der Waals surface area contributed by atoms with Crippen LogP contribution in [0.2, 0.25) is 5.15 Å². The van der Waals surface area contributed by atoms with Crippen LogP contribution in [0.5, 0.6) is 0 Å². The molecular weight excluding hydrogens is 352 g/mol. The van der Waals surface area contributed by atoms with E-state index in [4.69, 9.17) is 16.6 Å². The number of aromatic nitrogens is 1. The number of aliphatic imine (C=N–C) groups is 1. The summed E-state index contributed by atoms with van der Waals surface area (Å²) in [7, 11) is 0. The van der Waals surface area contributed by atoms with E-state index >= 15 is 0 Å². The van der Waals surface area contributed by atoms with Gasteiger partial charge in [0.25, 0.3) is 0 Å². The van der Waals surface area contributed by atoms with E-state index < -0.39 is 0 Å². The van der Waals surface area contributed by atoms with Crippen molar-refractivity contribution >= 4 is 29.3 Å². The van der Waals surface area contributed by atoms with Crippen LogP contribution in [0, 0.1) is 6.92 Å². The first kappa shape index (κ1) is 19.6. The number of halogens is 1. The number of hydrogen-bond acceptors (Lipinski definition) is 3. The lowest BCUT2D eigenvalue weighted by molar-refractivity contribution is 0.796. The van der Waals surface area contributed by atoms with Gasteiger partial charge in [-0.3, -0.25) is 0 Å². The molecule has 0 radical (unpaired) electrons. The average Bonchev–Trinajstić information content (AvgIpc) is 2.62. The number of benzene rings is 1. The van der Waals surface area contributed by atoms with Crippen LogP contribution in [0.3, 0.4) is 0 Å². The molecule has 0 spiro atoms. The van der Waals surface area contributed by atoms with Crippen LogP contribution in [0.4, 0.5) is 0 Å². The zero-order chi connectivity index (χ0) is 18.1. The molecule has 0 aliphatic heterocycles. The summed E-state index contributed by atoms with van der Waals surface area (Å²) >= 11 is 7.58. The zero-order valence-corrected chi connectivity index (χ0v) is 16.5. The molecule has 0 saturated carbocycles. The highest BCUT2D eigenvalue weighted by atomic mass is 35.5. The maximum absolute atomic E-state index is 5.81. The molecule has 0 unspecified atom stereocenters. The minimum absolute atomic E-state index is 0.523. The van der Waals surface area contributed by atoms with Crippen molar-refractivity contribution in [3.8, 4) is 0 Å². The van der Waals surface area contributed by atoms with Gasteiger partial charge in [0.15, 0.2) is 5.96 Å². The van der Waals surface area contributed by atoms with Crippen LogP contribution in [0.15, 0.2) is 46.4 Å². The molecule has 4 nitrogen and oxygen atoms in total. The standard InChI is InChI=1S/C19H25ClN4S/c1-4-21-19(22-10-9-15-6-8-18(20)23-12-15)24-13-16-7-5-14(2)11-17(16)25-3/h5-8,11-12H,4,9-10,13H2,1-3H3,(H2,21,22,24). The van der Waals surface area contributed by atoms with Crippen molar-refractivity contribution in [2.45, 2.75) is 31.7 Å². The van der Waals surface area contributed by atoms with Crippen LogP contribution in [0.1, 0.15) is 23.6 Å². The van der Waals surface area contributed by atoms with E-state index in [2.05, 4.69) is 53.9 Å². The van der Waals surface area contributed by atoms with Crippen molar-refractivity contribution < 1.29 is 0 Å². The molecule has 1 heterocycles. The van der Waals surface area contributed by atoms with E-state index in [9.17, 15) is 0 Å². The minimum Gasteiger partial charge on any atom is -0.357 e. The van der Waals surface area contributed by atoms with Gasteiger partial charge < -0.3 is 10.6 Å². The lowest BCUT2D eigenvalue weighted by Gasteiger charge is -2.12. The second-order valence-electron chi connectivity index (χ2n) is 5.68. The molecule has 6 heteroatoms. The van der Waals surface area contributed by atoms with Gasteiger partial charge in [-0.05, 0) is 55.3 Å². The third-order valence-corrected chi connectivity index (χ3v) is 4.73. The van der Waals surface area contributed by atoms with E-state index in [1.54, 1.807) is 11.8 Å². The van der Waals surface area contributed by atoms with Gasteiger partial charge in [-0.25, -0.2) is 9.98 Å². The van der Waals surface area contributed by atoms with Gasteiger partial charge in [0.05, 0.1) is 6.54 Å². The van der Waals surface area contributed by atoms with Crippen molar-refractivity contribution in [1.29, 1.82) is 0 Å². The summed E-state index contributed by atoms with van der Waals surface area (Å²) in [6.07, 6.45) is 4.78. The van der Waals surface area contributed by atoms with Crippen molar-refractivity contribution in [3.63, 3.8) is 0 Å². The van der Waals surface area contributed by atoms with E-state index in [-0.39, 0.29) is 0 Å². The van der Waals surface area contributed by atoms with Crippen LogP contribution in [-0.4, -0.2) is 30.3 Å². The van der Waals surface area contributed by atoms with Gasteiger partial charge in [0.2, 0.25) is 0 Å². The smallest absolute Gasteiger partial charge is 0.191 e. The first-order valence-electron chi connectivity index (χ1n) is 8.38. The van der Waals surface area contributed by atoms with Crippen molar-refractivity contribution in [2.24, 2.45) is 4.99 Å². The molecule has 0 bridgehead atoms. The predicted molar refractivity (Wildman–Crippen MR) is 109 cm³/mol. The number of hydrogen-bond donors (Lipinski definition) is 2. The van der Waals surface area contributed by atoms with Crippen molar-refractivity contribution in [3.05, 3.63) is 58.4 Å². The third kappa shape index (κ3) is 6.59. The first-order chi connectivity index (χ1) is 12.1. The molecule has 0 atom stereocenters. The zero-order valence-electron chi connectivity index (χ0n) is 15.0. The molecule has 0 fully saturated rings. The monoisotopic (exact) mass is 376 g/mol. The number of nitrogens with one attached hydrogen (secondary N) is 2. The highest BCUT2D eigenvalue weighted by Gasteiger charge is 2.03. The van der Waals surface area contributed by atoms with Crippen LogP contribution in [0.25, 0.3) is 0 Å². The average molecular weight is 377 g/mol. The molecule has 2 aromatic rings. The fourth-order valence-electron chi connectivity index (χ4n) is 2.37. The molecule has 0 amide bonds. The quantitative estimate of drug-likeness (QED) is 0.331. The van der Waals surface area contributed by atoms with Crippen LogP contribution < -0.4 is 10.6 Å². The summed E-state index contributed by atoms with van der Waals surface area (Å²) in [5.41, 5.74) is 3.67. The maximum atomic E-state index is 5.81. The van der Waals surface area contributed by atoms with E-state index in [1.807, 2.05) is 18.3 Å². The molecule has 1 aromatic heterocycles. The molecule has 2 N–H and O–H groups in total. The number of nitrogens with zero attached hydrogens (tertiary/aromatic N) is 2. The number of thioether (sulfide) groups is 1. The Morgan fingerprint density at radius 2 is 2.08 bits per heavy atom. The van der Waals surface area contributed by atoms with Crippen molar-refractivity contribution in [1.82, 2.24) is 15.6 Å². The Kier molecular flexibility index (Phi) is 8.09. The van der Waals surface area contributed by atoms with Gasteiger partial charge in [-0.15, -0.1) is 11.8 Å². The van der Waals surface area contributed by atoms with E-state index in [0.717, 1.165) is 31.0 Å². The normalized spacial score (nSPS) is 11.4. The highest BCUT2D eigenvalue weighted by molar-refractivity contribution is 7.98. The highest BCUT2D eigenvalue weighted by Crippen LogP contribution is 2.22. The second kappa shape index (κ2) is 10.3. The molecule has 134 valence electrons. The largest absolute Gasteiger partial charge is 0.357 e. The van der Waals surface area contributed by atoms with Crippen molar-refractivity contribution in [2.75, 3.05) is 19.3 Å². The summed E-state index contributed by atoms with van der Waals surface area (Å²) in [6, 6.07) is 10.3. The Hall–Kier alpha value is -1.72. The topological polar surface area (TPSA) is 49.3 Å². The Labute approximate surface area is 159 Å². The van der Waals surface area contributed by atoms with Gasteiger partial charge >= 0.3 is 0 Å². The Bertz CT molecular complexity index is 701. The van der Waals surface area contributed by atoms with Crippen LogP contribution >= 0.6 is 23.4 Å².